The smallest absolute Gasteiger partial charge is 0.409 e. The fraction of sp³-hybridized carbons (Fsp3) is 0.529. The van der Waals surface area contributed by atoms with Crippen molar-refractivity contribution in [1.29, 1.82) is 0 Å². The molecule has 0 atom stereocenters. The van der Waals surface area contributed by atoms with E-state index in [-0.39, 0.29) is 12.0 Å². The molecule has 1 saturated heterocycles. The van der Waals surface area contributed by atoms with Crippen LogP contribution in [0, 0.1) is 13.8 Å². The number of piperazine rings is 1. The zero-order valence-electron chi connectivity index (χ0n) is 15.7. The van der Waals surface area contributed by atoms with Gasteiger partial charge in [0, 0.05) is 32.4 Å². The molecule has 1 fully saturated rings. The third-order valence-corrected chi connectivity index (χ3v) is 5.67. The molecule has 0 aromatic carbocycles. The highest BCUT2D eigenvalue weighted by Gasteiger charge is 2.26. The van der Waals surface area contributed by atoms with Crippen molar-refractivity contribution in [1.82, 2.24) is 29.4 Å². The van der Waals surface area contributed by atoms with Gasteiger partial charge in [-0.1, -0.05) is 0 Å². The van der Waals surface area contributed by atoms with Crippen molar-refractivity contribution in [2.75, 3.05) is 32.8 Å². The van der Waals surface area contributed by atoms with Crippen LogP contribution in [0.5, 0.6) is 0 Å². The first-order valence-corrected chi connectivity index (χ1v) is 9.64. The lowest BCUT2D eigenvalue weighted by Gasteiger charge is -2.33. The van der Waals surface area contributed by atoms with Gasteiger partial charge in [-0.15, -0.1) is 0 Å². The van der Waals surface area contributed by atoms with Crippen LogP contribution in [0.3, 0.4) is 0 Å². The van der Waals surface area contributed by atoms with Gasteiger partial charge in [-0.2, -0.15) is 10.2 Å². The maximum Gasteiger partial charge on any atom is 0.409 e. The molecule has 27 heavy (non-hydrogen) atoms. The lowest BCUT2D eigenvalue weighted by Crippen LogP contribution is -2.50. The average Bonchev–Trinajstić information content (AvgIpc) is 3.22. The van der Waals surface area contributed by atoms with E-state index in [9.17, 15) is 9.59 Å². The SMILES string of the molecule is CCOC(=O)N1CCN(C(=O)c2ccn(Cn3nc(C)c(Br)c3C)n2)CC1. The van der Waals surface area contributed by atoms with Crippen LogP contribution in [0.4, 0.5) is 4.79 Å². The Balaban J connectivity index is 1.60. The summed E-state index contributed by atoms with van der Waals surface area (Å²) >= 11 is 3.51. The minimum atomic E-state index is -0.329. The van der Waals surface area contributed by atoms with Gasteiger partial charge in [0.05, 0.1) is 22.5 Å². The monoisotopic (exact) mass is 438 g/mol. The first-order chi connectivity index (χ1) is 12.9. The van der Waals surface area contributed by atoms with Crippen molar-refractivity contribution in [2.24, 2.45) is 0 Å². The zero-order chi connectivity index (χ0) is 19.6. The van der Waals surface area contributed by atoms with Gasteiger partial charge >= 0.3 is 6.09 Å². The fourth-order valence-electron chi connectivity index (χ4n) is 2.97. The number of halogens is 1. The van der Waals surface area contributed by atoms with E-state index in [0.29, 0.717) is 45.1 Å². The molecule has 9 nitrogen and oxygen atoms in total. The largest absolute Gasteiger partial charge is 0.450 e. The van der Waals surface area contributed by atoms with E-state index in [4.69, 9.17) is 4.74 Å². The van der Waals surface area contributed by atoms with E-state index in [1.54, 1.807) is 33.7 Å². The molecular formula is C17H23BrN6O3. The summed E-state index contributed by atoms with van der Waals surface area (Å²) in [5, 5.41) is 8.84. The molecule has 0 unspecified atom stereocenters. The molecule has 0 spiro atoms. The number of nitrogens with zero attached hydrogens (tertiary/aromatic N) is 6. The first-order valence-electron chi connectivity index (χ1n) is 8.84. The molecule has 146 valence electrons. The molecule has 1 aliphatic rings. The minimum absolute atomic E-state index is 0.133. The Morgan fingerprint density at radius 3 is 2.41 bits per heavy atom. The quantitative estimate of drug-likeness (QED) is 0.727. The van der Waals surface area contributed by atoms with E-state index < -0.39 is 0 Å². The number of carbonyl (C=O) groups is 2. The Bertz CT molecular complexity index is 838. The van der Waals surface area contributed by atoms with Gasteiger partial charge in [0.25, 0.3) is 5.91 Å². The molecule has 0 bridgehead atoms. The lowest BCUT2D eigenvalue weighted by molar-refractivity contribution is 0.0565. The summed E-state index contributed by atoms with van der Waals surface area (Å²) in [5.41, 5.74) is 2.31. The molecule has 0 radical (unpaired) electrons. The lowest BCUT2D eigenvalue weighted by atomic mass is 10.3. The number of aryl methyl sites for hydroxylation is 1. The second-order valence-electron chi connectivity index (χ2n) is 6.34. The number of rotatable bonds is 4. The van der Waals surface area contributed by atoms with Gasteiger partial charge in [-0.25, -0.2) is 9.48 Å². The standard InChI is InChI=1S/C17H23BrN6O3/c1-4-27-17(26)22-9-7-21(8-10-22)16(25)14-5-6-23(20-14)11-24-13(3)15(18)12(2)19-24/h5-6H,4,7-11H2,1-3H3. The highest BCUT2D eigenvalue weighted by molar-refractivity contribution is 9.10. The highest BCUT2D eigenvalue weighted by atomic mass is 79.9. The highest BCUT2D eigenvalue weighted by Crippen LogP contribution is 2.19. The van der Waals surface area contributed by atoms with Crippen molar-refractivity contribution in [2.45, 2.75) is 27.4 Å². The van der Waals surface area contributed by atoms with Crippen LogP contribution in [-0.2, 0) is 11.4 Å². The van der Waals surface area contributed by atoms with Gasteiger partial charge in [-0.3, -0.25) is 9.48 Å². The zero-order valence-corrected chi connectivity index (χ0v) is 17.3. The van der Waals surface area contributed by atoms with Crippen LogP contribution in [-0.4, -0.2) is 74.1 Å². The van der Waals surface area contributed by atoms with E-state index in [0.717, 1.165) is 15.9 Å². The van der Waals surface area contributed by atoms with Crippen LogP contribution in [0.15, 0.2) is 16.7 Å². The van der Waals surface area contributed by atoms with Crippen LogP contribution in [0.25, 0.3) is 0 Å². The van der Waals surface area contributed by atoms with Gasteiger partial charge in [0.15, 0.2) is 0 Å². The van der Waals surface area contributed by atoms with Gasteiger partial charge in [0.2, 0.25) is 0 Å². The second kappa shape index (κ2) is 8.12. The van der Waals surface area contributed by atoms with E-state index in [1.165, 1.54) is 0 Å². The summed E-state index contributed by atoms with van der Waals surface area (Å²) in [7, 11) is 0. The summed E-state index contributed by atoms with van der Waals surface area (Å²) in [6.45, 7) is 8.33. The molecule has 3 rings (SSSR count). The molecule has 2 aromatic rings. The molecule has 0 saturated carbocycles. The van der Waals surface area contributed by atoms with Gasteiger partial charge in [0.1, 0.15) is 12.4 Å². The fourth-order valence-corrected chi connectivity index (χ4v) is 3.26. The molecule has 10 heteroatoms. The predicted molar refractivity (Wildman–Crippen MR) is 102 cm³/mol. The molecule has 0 N–H and O–H groups in total. The van der Waals surface area contributed by atoms with Gasteiger partial charge < -0.3 is 14.5 Å². The predicted octanol–water partition coefficient (Wildman–Crippen LogP) is 1.88. The van der Waals surface area contributed by atoms with Crippen molar-refractivity contribution >= 4 is 27.9 Å². The summed E-state index contributed by atoms with van der Waals surface area (Å²) in [6, 6.07) is 1.71. The number of hydrogen-bond donors (Lipinski definition) is 0. The number of carbonyl (C=O) groups excluding carboxylic acids is 2. The van der Waals surface area contributed by atoms with Crippen molar-refractivity contribution in [3.63, 3.8) is 0 Å². The second-order valence-corrected chi connectivity index (χ2v) is 7.14. The Kier molecular flexibility index (Phi) is 5.83. The summed E-state index contributed by atoms with van der Waals surface area (Å²) in [5.74, 6) is -0.133. The minimum Gasteiger partial charge on any atom is -0.450 e. The molecule has 1 aliphatic heterocycles. The van der Waals surface area contributed by atoms with Gasteiger partial charge in [-0.05, 0) is 42.8 Å². The number of hydrogen-bond acceptors (Lipinski definition) is 5. The number of aromatic nitrogens is 4. The van der Waals surface area contributed by atoms with Crippen molar-refractivity contribution in [3.8, 4) is 0 Å². The first kappa shape index (κ1) is 19.4. The van der Waals surface area contributed by atoms with Crippen LogP contribution in [0.2, 0.25) is 0 Å². The Labute approximate surface area is 166 Å². The van der Waals surface area contributed by atoms with Crippen molar-refractivity contribution < 1.29 is 14.3 Å². The molecular weight excluding hydrogens is 416 g/mol. The Hall–Kier alpha value is -2.36. The third kappa shape index (κ3) is 4.15. The molecule has 2 amide bonds. The topological polar surface area (TPSA) is 85.5 Å². The number of ether oxygens (including phenoxy) is 1. The number of amides is 2. The Morgan fingerprint density at radius 2 is 1.81 bits per heavy atom. The molecule has 2 aromatic heterocycles. The third-order valence-electron chi connectivity index (χ3n) is 4.52. The maximum atomic E-state index is 12.7. The molecule has 0 aliphatic carbocycles. The summed E-state index contributed by atoms with van der Waals surface area (Å²) < 4.78 is 9.50. The van der Waals surface area contributed by atoms with Crippen LogP contribution >= 0.6 is 15.9 Å². The van der Waals surface area contributed by atoms with Crippen LogP contribution in [0.1, 0.15) is 28.8 Å². The average molecular weight is 439 g/mol. The van der Waals surface area contributed by atoms with E-state index in [1.807, 2.05) is 18.5 Å². The Morgan fingerprint density at radius 1 is 1.15 bits per heavy atom. The summed E-state index contributed by atoms with van der Waals surface area (Å²) in [4.78, 5) is 27.8. The van der Waals surface area contributed by atoms with Crippen LogP contribution < -0.4 is 0 Å². The van der Waals surface area contributed by atoms with E-state index >= 15 is 0 Å². The maximum absolute atomic E-state index is 12.7. The summed E-state index contributed by atoms with van der Waals surface area (Å²) in [6.07, 6.45) is 1.44. The van der Waals surface area contributed by atoms with E-state index in [2.05, 4.69) is 26.1 Å². The molecule has 3 heterocycles. The van der Waals surface area contributed by atoms with Crippen molar-refractivity contribution in [3.05, 3.63) is 33.8 Å². The normalized spacial score (nSPS) is 14.5.